The number of thioether (sulfide) groups is 2. The van der Waals surface area contributed by atoms with E-state index in [0.29, 0.717) is 47.0 Å². The Labute approximate surface area is 363 Å². The maximum atomic E-state index is 14.9. The van der Waals surface area contributed by atoms with Gasteiger partial charge >= 0.3 is 0 Å². The van der Waals surface area contributed by atoms with E-state index in [1.54, 1.807) is 11.8 Å². The second kappa shape index (κ2) is 23.8. The molecule has 1 aliphatic heterocycles. The van der Waals surface area contributed by atoms with Crippen LogP contribution in [0.1, 0.15) is 180 Å². The quantitative estimate of drug-likeness (QED) is 0.124. The van der Waals surface area contributed by atoms with Crippen molar-refractivity contribution < 1.29 is 19.4 Å². The summed E-state index contributed by atoms with van der Waals surface area (Å²) in [4.78, 5) is 36.5. The Hall–Kier alpha value is -0.520. The van der Waals surface area contributed by atoms with E-state index in [0.717, 1.165) is 103 Å². The lowest BCUT2D eigenvalue weighted by molar-refractivity contribution is -0.137. The van der Waals surface area contributed by atoms with Crippen molar-refractivity contribution in [1.29, 1.82) is 0 Å². The molecular weight excluding hydrogens is 761 g/mol. The Balaban J connectivity index is 1.03. The molecule has 1 saturated heterocycles. The van der Waals surface area contributed by atoms with Gasteiger partial charge in [-0.2, -0.15) is 11.8 Å². The number of ether oxygens (including phenoxy) is 1. The molecule has 6 aliphatic rings. The highest BCUT2D eigenvalue weighted by Gasteiger charge is 2.53. The molecule has 334 valence electrons. The Morgan fingerprint density at radius 3 is 1.81 bits per heavy atom. The van der Waals surface area contributed by atoms with E-state index < -0.39 is 12.0 Å². The number of unbranched alkanes of at least 4 members (excludes halogenated alkanes) is 11. The van der Waals surface area contributed by atoms with E-state index in [9.17, 15) is 14.7 Å². The summed E-state index contributed by atoms with van der Waals surface area (Å²) in [6.07, 6.45) is 31.3. The molecule has 6 fully saturated rings. The van der Waals surface area contributed by atoms with Crippen LogP contribution < -0.4 is 5.32 Å². The van der Waals surface area contributed by atoms with Crippen LogP contribution in [0, 0.1) is 17.8 Å². The van der Waals surface area contributed by atoms with Gasteiger partial charge in [-0.05, 0) is 117 Å². The zero-order valence-corrected chi connectivity index (χ0v) is 39.3. The third-order valence-electron chi connectivity index (χ3n) is 15.8. The first kappa shape index (κ1) is 47.0. The molecule has 1 heterocycles. The molecule has 5 saturated carbocycles. The first-order valence-electron chi connectivity index (χ1n) is 24.7. The van der Waals surface area contributed by atoms with Crippen molar-refractivity contribution in [2.45, 2.75) is 238 Å². The molecule has 0 spiro atoms. The summed E-state index contributed by atoms with van der Waals surface area (Å²) in [5, 5.41) is 16.7. The molecule has 0 radical (unpaired) electrons. The molecule has 5 aliphatic carbocycles. The van der Waals surface area contributed by atoms with Crippen LogP contribution in [-0.2, 0) is 9.53 Å². The fraction of sp³-hybridized carbons (Fsp3) is 0.958. The molecule has 0 bridgehead atoms. The van der Waals surface area contributed by atoms with Gasteiger partial charge in [0.25, 0.3) is 5.24 Å². The normalized spacial score (nSPS) is 36.6. The number of nitrogens with one attached hydrogen (secondary N) is 1. The Morgan fingerprint density at radius 1 is 0.690 bits per heavy atom. The summed E-state index contributed by atoms with van der Waals surface area (Å²) in [6, 6.07) is 1.76. The summed E-state index contributed by atoms with van der Waals surface area (Å²) in [6.45, 7) is 3.06. The molecule has 10 heteroatoms. The van der Waals surface area contributed by atoms with Gasteiger partial charge in [0.1, 0.15) is 0 Å². The van der Waals surface area contributed by atoms with Gasteiger partial charge in [-0.3, -0.25) is 9.59 Å². The van der Waals surface area contributed by atoms with Crippen LogP contribution in [0.15, 0.2) is 0 Å². The number of hydrogen-bond acceptors (Lipinski definition) is 8. The van der Waals surface area contributed by atoms with Crippen LogP contribution in [0.4, 0.5) is 4.79 Å². The lowest BCUT2D eigenvalue weighted by atomic mass is 9.65. The van der Waals surface area contributed by atoms with E-state index >= 15 is 0 Å². The van der Waals surface area contributed by atoms with E-state index in [4.69, 9.17) is 4.74 Å². The zero-order chi connectivity index (χ0) is 41.0. The van der Waals surface area contributed by atoms with Crippen molar-refractivity contribution >= 4 is 34.7 Å². The zero-order valence-electron chi connectivity index (χ0n) is 37.6. The number of aliphatic hydroxyl groups excluding tert-OH is 1. The number of carbonyl (C=O) groups is 2. The second-order valence-electron chi connectivity index (χ2n) is 20.2. The van der Waals surface area contributed by atoms with Crippen molar-refractivity contribution in [3.63, 3.8) is 0 Å². The van der Waals surface area contributed by atoms with Crippen molar-refractivity contribution in [2.24, 2.45) is 17.8 Å². The number of carbonyl (C=O) groups excluding carboxylic acids is 2. The van der Waals surface area contributed by atoms with E-state index in [2.05, 4.69) is 66.9 Å². The van der Waals surface area contributed by atoms with E-state index in [1.807, 2.05) is 0 Å². The first-order valence-corrected chi connectivity index (χ1v) is 26.6. The lowest BCUT2D eigenvalue weighted by Crippen LogP contribution is -2.63. The monoisotopic (exact) mass is 847 g/mol. The summed E-state index contributed by atoms with van der Waals surface area (Å²) in [7, 11) is 8.87. The molecular formula is C48H86N4O4S2. The van der Waals surface area contributed by atoms with E-state index in [-0.39, 0.29) is 34.5 Å². The van der Waals surface area contributed by atoms with Gasteiger partial charge < -0.3 is 29.9 Å². The Bertz CT molecular complexity index is 1210. The minimum absolute atomic E-state index is 0.000970. The summed E-state index contributed by atoms with van der Waals surface area (Å²) >= 11 is 3.78. The van der Waals surface area contributed by atoms with Gasteiger partial charge in [-0.1, -0.05) is 115 Å². The second-order valence-corrected chi connectivity index (χ2v) is 22.9. The Morgan fingerprint density at radius 2 is 1.22 bits per heavy atom. The molecule has 13 unspecified atom stereocenters. The number of fused-ring (bicyclic) bond motifs is 3. The topological polar surface area (TPSA) is 85.4 Å². The largest absolute Gasteiger partial charge is 0.392 e. The maximum absolute atomic E-state index is 14.9. The smallest absolute Gasteiger partial charge is 0.282 e. The molecule has 0 aromatic carbocycles. The fourth-order valence-corrected chi connectivity index (χ4v) is 15.7. The SMILES string of the molecule is CCCCCCCCCCCCCCOC1CCCCC1NC(=O)C1CC(SC(=O)N2C3CCC(N(C)C)CC3SC3CC(N(C)C)CCC32)C2CCCCC2C1O. The maximum Gasteiger partial charge on any atom is 0.282 e. The molecule has 2 N–H and O–H groups in total. The average Bonchev–Trinajstić information content (AvgIpc) is 3.22. The minimum Gasteiger partial charge on any atom is -0.392 e. The standard InChI is InChI=1S/C48H86N4O4S2/c1-6-7-8-9-10-11-12-13-14-15-16-21-30-56-42-25-20-19-24-39(42)49-47(54)38-33-43(36-22-17-18-23-37(36)46(38)53)58-48(55)52-40-28-26-34(50(2)3)31-44(40)57-45-32-35(51(4)5)27-29-41(45)52/h34-46,53H,6-33H2,1-5H3,(H,49,54). The van der Waals surface area contributed by atoms with Gasteiger partial charge in [0, 0.05) is 46.5 Å². The van der Waals surface area contributed by atoms with Crippen molar-refractivity contribution in [2.75, 3.05) is 34.8 Å². The highest BCUT2D eigenvalue weighted by atomic mass is 32.2. The number of nitrogens with zero attached hydrogens (tertiary/aromatic N) is 3. The average molecular weight is 847 g/mol. The van der Waals surface area contributed by atoms with Crippen molar-refractivity contribution in [3.8, 4) is 0 Å². The molecule has 0 aromatic heterocycles. The molecule has 13 atom stereocenters. The predicted octanol–water partition coefficient (Wildman–Crippen LogP) is 10.3. The molecule has 2 amide bonds. The van der Waals surface area contributed by atoms with Crippen LogP contribution in [0.25, 0.3) is 0 Å². The number of hydrogen-bond donors (Lipinski definition) is 2. The molecule has 58 heavy (non-hydrogen) atoms. The van der Waals surface area contributed by atoms with Crippen LogP contribution in [0.2, 0.25) is 0 Å². The lowest BCUT2D eigenvalue weighted by Gasteiger charge is -2.56. The van der Waals surface area contributed by atoms with E-state index in [1.165, 1.54) is 70.6 Å². The van der Waals surface area contributed by atoms with Crippen LogP contribution in [0.5, 0.6) is 0 Å². The van der Waals surface area contributed by atoms with Crippen LogP contribution in [-0.4, -0.2) is 124 Å². The van der Waals surface area contributed by atoms with Crippen LogP contribution in [0.3, 0.4) is 0 Å². The highest BCUT2D eigenvalue weighted by Crippen LogP contribution is 2.52. The van der Waals surface area contributed by atoms with Gasteiger partial charge in [0.15, 0.2) is 0 Å². The Kier molecular flexibility index (Phi) is 19.3. The number of rotatable bonds is 19. The first-order chi connectivity index (χ1) is 28.2. The highest BCUT2D eigenvalue weighted by molar-refractivity contribution is 8.14. The summed E-state index contributed by atoms with van der Waals surface area (Å²) in [5.74, 6) is -0.0787. The molecule has 8 nitrogen and oxygen atoms in total. The summed E-state index contributed by atoms with van der Waals surface area (Å²) in [5.41, 5.74) is 0. The number of amides is 2. The van der Waals surface area contributed by atoms with Gasteiger partial charge in [-0.15, -0.1) is 0 Å². The summed E-state index contributed by atoms with van der Waals surface area (Å²) < 4.78 is 6.52. The molecule has 0 aromatic rings. The van der Waals surface area contributed by atoms with Gasteiger partial charge in [0.2, 0.25) is 5.91 Å². The van der Waals surface area contributed by atoms with Gasteiger partial charge in [-0.25, -0.2) is 0 Å². The van der Waals surface area contributed by atoms with Crippen molar-refractivity contribution in [3.05, 3.63) is 0 Å². The van der Waals surface area contributed by atoms with Crippen molar-refractivity contribution in [1.82, 2.24) is 20.0 Å². The third kappa shape index (κ3) is 12.6. The predicted molar refractivity (Wildman–Crippen MR) is 245 cm³/mol. The molecule has 6 rings (SSSR count). The fourth-order valence-electron chi connectivity index (χ4n) is 12.2. The van der Waals surface area contributed by atoms with Gasteiger partial charge in [0.05, 0.1) is 24.2 Å². The number of aliphatic hydroxyl groups is 1. The van der Waals surface area contributed by atoms with Crippen LogP contribution >= 0.6 is 23.5 Å². The minimum atomic E-state index is -0.635. The third-order valence-corrected chi connectivity index (χ3v) is 18.8.